The van der Waals surface area contributed by atoms with Crippen molar-refractivity contribution >= 4 is 17.4 Å². The van der Waals surface area contributed by atoms with Gasteiger partial charge in [0.25, 0.3) is 0 Å². The van der Waals surface area contributed by atoms with Crippen molar-refractivity contribution in [2.24, 2.45) is 0 Å². The lowest BCUT2D eigenvalue weighted by molar-refractivity contribution is -0.124. The Hall–Kier alpha value is -1.64. The molecule has 25 heavy (non-hydrogen) atoms. The molecule has 0 bridgehead atoms. The summed E-state index contributed by atoms with van der Waals surface area (Å²) in [6.45, 7) is 3.69. The Morgan fingerprint density at radius 2 is 1.32 bits per heavy atom. The maximum Gasteiger partial charge on any atom is 0.231 e. The molecule has 1 amide bonds. The molecule has 0 heterocycles. The molecular formula is C22H35NO2. The minimum absolute atomic E-state index is 0.0552. The fourth-order valence-corrected chi connectivity index (χ4v) is 3.00. The highest BCUT2D eigenvalue weighted by molar-refractivity contribution is 6.03. The van der Waals surface area contributed by atoms with Gasteiger partial charge >= 0.3 is 0 Å². The van der Waals surface area contributed by atoms with Crippen molar-refractivity contribution in [3.05, 3.63) is 29.8 Å². The maximum atomic E-state index is 11.5. The van der Waals surface area contributed by atoms with Crippen LogP contribution in [0, 0.1) is 0 Å². The molecule has 0 aliphatic carbocycles. The molecule has 140 valence electrons. The summed E-state index contributed by atoms with van der Waals surface area (Å²) in [4.78, 5) is 22.5. The SMILES string of the molecule is CCCCCCCCCCCCc1ccc(NC(=O)CC(C)=O)cc1. The molecule has 0 spiro atoms. The van der Waals surface area contributed by atoms with E-state index in [4.69, 9.17) is 0 Å². The van der Waals surface area contributed by atoms with Gasteiger partial charge in [-0.15, -0.1) is 0 Å². The van der Waals surface area contributed by atoms with E-state index in [-0.39, 0.29) is 18.1 Å². The van der Waals surface area contributed by atoms with E-state index >= 15 is 0 Å². The molecule has 0 fully saturated rings. The molecule has 1 aromatic carbocycles. The third kappa shape index (κ3) is 11.5. The van der Waals surface area contributed by atoms with Crippen LogP contribution in [0.3, 0.4) is 0 Å². The minimum atomic E-state index is -0.241. The summed E-state index contributed by atoms with van der Waals surface area (Å²) in [5.74, 6) is -0.356. The third-order valence-corrected chi connectivity index (χ3v) is 4.47. The first-order valence-electron chi connectivity index (χ1n) is 10.00. The zero-order valence-corrected chi connectivity index (χ0v) is 16.1. The number of hydrogen-bond acceptors (Lipinski definition) is 2. The molecule has 0 saturated heterocycles. The van der Waals surface area contributed by atoms with Crippen molar-refractivity contribution in [3.8, 4) is 0 Å². The second-order valence-electron chi connectivity index (χ2n) is 7.06. The first kappa shape index (κ1) is 21.4. The Kier molecular flexibility index (Phi) is 11.7. The van der Waals surface area contributed by atoms with Gasteiger partial charge in [0.1, 0.15) is 5.78 Å². The number of nitrogens with one attached hydrogen (secondary N) is 1. The van der Waals surface area contributed by atoms with Gasteiger partial charge < -0.3 is 5.32 Å². The van der Waals surface area contributed by atoms with Crippen LogP contribution in [0.25, 0.3) is 0 Å². The Morgan fingerprint density at radius 1 is 0.800 bits per heavy atom. The minimum Gasteiger partial charge on any atom is -0.326 e. The fraction of sp³-hybridized carbons (Fsp3) is 0.636. The van der Waals surface area contributed by atoms with E-state index < -0.39 is 0 Å². The van der Waals surface area contributed by atoms with Crippen LogP contribution >= 0.6 is 0 Å². The van der Waals surface area contributed by atoms with E-state index in [0.717, 1.165) is 12.1 Å². The van der Waals surface area contributed by atoms with E-state index in [2.05, 4.69) is 24.4 Å². The van der Waals surface area contributed by atoms with Gasteiger partial charge in [-0.2, -0.15) is 0 Å². The predicted molar refractivity (Wildman–Crippen MR) is 106 cm³/mol. The maximum absolute atomic E-state index is 11.5. The largest absolute Gasteiger partial charge is 0.326 e. The van der Waals surface area contributed by atoms with E-state index in [9.17, 15) is 9.59 Å². The highest BCUT2D eigenvalue weighted by Crippen LogP contribution is 2.14. The number of carbonyl (C=O) groups excluding carboxylic acids is 2. The quantitative estimate of drug-likeness (QED) is 0.329. The van der Waals surface area contributed by atoms with Gasteiger partial charge in [0.05, 0.1) is 6.42 Å². The molecule has 0 radical (unpaired) electrons. The lowest BCUT2D eigenvalue weighted by Crippen LogP contribution is -2.14. The summed E-state index contributed by atoms with van der Waals surface area (Å²) in [5.41, 5.74) is 2.07. The molecule has 1 aromatic rings. The van der Waals surface area contributed by atoms with E-state index in [1.807, 2.05) is 12.1 Å². The summed E-state index contributed by atoms with van der Waals surface area (Å²) >= 11 is 0. The number of Topliss-reactive ketones (excluding diaryl/α,β-unsaturated/α-hetero) is 1. The van der Waals surface area contributed by atoms with Crippen molar-refractivity contribution in [1.82, 2.24) is 0 Å². The number of hydrogen-bond donors (Lipinski definition) is 1. The number of rotatable bonds is 14. The fourth-order valence-electron chi connectivity index (χ4n) is 3.00. The van der Waals surface area contributed by atoms with Gasteiger partial charge in [0.2, 0.25) is 5.91 Å². The number of ketones is 1. The van der Waals surface area contributed by atoms with Crippen molar-refractivity contribution in [3.63, 3.8) is 0 Å². The highest BCUT2D eigenvalue weighted by Gasteiger charge is 2.05. The first-order chi connectivity index (χ1) is 12.1. The van der Waals surface area contributed by atoms with Gasteiger partial charge in [-0.1, -0.05) is 76.8 Å². The van der Waals surface area contributed by atoms with Crippen molar-refractivity contribution in [2.45, 2.75) is 90.9 Å². The van der Waals surface area contributed by atoms with E-state index in [0.29, 0.717) is 0 Å². The molecule has 1 N–H and O–H groups in total. The van der Waals surface area contributed by atoms with Crippen molar-refractivity contribution in [1.29, 1.82) is 0 Å². The normalized spacial score (nSPS) is 10.6. The van der Waals surface area contributed by atoms with Crippen LogP contribution in [-0.2, 0) is 16.0 Å². The molecule has 3 heteroatoms. The second kappa shape index (κ2) is 13.6. The standard InChI is InChI=1S/C22H35NO2/c1-3-4-5-6-7-8-9-10-11-12-13-20-14-16-21(17-15-20)23-22(25)18-19(2)24/h14-17H,3-13,18H2,1-2H3,(H,23,25). The molecule has 1 rings (SSSR count). The predicted octanol–water partition coefficient (Wildman–Crippen LogP) is 6.07. The number of carbonyl (C=O) groups is 2. The molecule has 0 aliphatic heterocycles. The summed E-state index contributed by atoms with van der Waals surface area (Å²) in [5, 5.41) is 2.75. The monoisotopic (exact) mass is 345 g/mol. The molecule has 0 aliphatic rings. The lowest BCUT2D eigenvalue weighted by atomic mass is 10.0. The number of aryl methyl sites for hydroxylation is 1. The highest BCUT2D eigenvalue weighted by atomic mass is 16.2. The van der Waals surface area contributed by atoms with Gasteiger partial charge in [0, 0.05) is 5.69 Å². The second-order valence-corrected chi connectivity index (χ2v) is 7.06. The van der Waals surface area contributed by atoms with Crippen LogP contribution in [-0.4, -0.2) is 11.7 Å². The van der Waals surface area contributed by atoms with Crippen LogP contribution in [0.1, 0.15) is 90.0 Å². The average Bonchev–Trinajstić information content (AvgIpc) is 2.57. The molecule has 0 atom stereocenters. The Bertz CT molecular complexity index is 493. The Balaban J connectivity index is 2.08. The van der Waals surface area contributed by atoms with Gasteiger partial charge in [-0.3, -0.25) is 9.59 Å². The summed E-state index contributed by atoms with van der Waals surface area (Å²) < 4.78 is 0. The smallest absolute Gasteiger partial charge is 0.231 e. The lowest BCUT2D eigenvalue weighted by Gasteiger charge is -2.06. The van der Waals surface area contributed by atoms with Crippen LogP contribution in [0.15, 0.2) is 24.3 Å². The number of unbranched alkanes of at least 4 members (excludes halogenated alkanes) is 9. The Labute approximate surface area is 153 Å². The van der Waals surface area contributed by atoms with Gasteiger partial charge in [0.15, 0.2) is 0 Å². The molecular weight excluding hydrogens is 310 g/mol. The molecule has 0 unspecified atom stereocenters. The van der Waals surface area contributed by atoms with Crippen molar-refractivity contribution < 1.29 is 9.59 Å². The summed E-state index contributed by atoms with van der Waals surface area (Å²) in [6, 6.07) is 7.97. The average molecular weight is 346 g/mol. The van der Waals surface area contributed by atoms with Crippen LogP contribution < -0.4 is 5.32 Å². The van der Waals surface area contributed by atoms with E-state index in [1.54, 1.807) is 0 Å². The first-order valence-corrected chi connectivity index (χ1v) is 10.00. The molecule has 3 nitrogen and oxygen atoms in total. The van der Waals surface area contributed by atoms with Crippen LogP contribution in [0.2, 0.25) is 0 Å². The topological polar surface area (TPSA) is 46.2 Å². The summed E-state index contributed by atoms with van der Waals surface area (Å²) in [7, 11) is 0. The number of amides is 1. The van der Waals surface area contributed by atoms with Crippen LogP contribution in [0.5, 0.6) is 0 Å². The van der Waals surface area contributed by atoms with Crippen LogP contribution in [0.4, 0.5) is 5.69 Å². The third-order valence-electron chi connectivity index (χ3n) is 4.47. The Morgan fingerprint density at radius 3 is 1.84 bits per heavy atom. The number of benzene rings is 1. The summed E-state index contributed by atoms with van der Waals surface area (Å²) in [6.07, 6.45) is 14.6. The van der Waals surface area contributed by atoms with Gasteiger partial charge in [-0.05, 0) is 37.5 Å². The number of anilines is 1. The zero-order chi connectivity index (χ0) is 18.3. The van der Waals surface area contributed by atoms with Gasteiger partial charge in [-0.25, -0.2) is 0 Å². The molecule has 0 aromatic heterocycles. The molecule has 0 saturated carbocycles. The van der Waals surface area contributed by atoms with Crippen molar-refractivity contribution in [2.75, 3.05) is 5.32 Å². The zero-order valence-electron chi connectivity index (χ0n) is 16.1. The van der Waals surface area contributed by atoms with E-state index in [1.165, 1.54) is 76.7 Å².